The van der Waals surface area contributed by atoms with Crippen LogP contribution in [0, 0.1) is 6.57 Å². The SMILES string of the molecule is Cl.[C-]#[N+]c1ccc(Oc2ccc3c(c2)COB3O)c(CN(C)C)c1. The van der Waals surface area contributed by atoms with Crippen LogP contribution >= 0.6 is 12.4 Å². The van der Waals surface area contributed by atoms with Crippen LogP contribution in [0.15, 0.2) is 36.4 Å². The van der Waals surface area contributed by atoms with Gasteiger partial charge in [0.1, 0.15) is 11.5 Å². The molecule has 0 saturated carbocycles. The highest BCUT2D eigenvalue weighted by Crippen LogP contribution is 2.30. The highest BCUT2D eigenvalue weighted by atomic mass is 35.5. The maximum absolute atomic E-state index is 9.67. The number of halogens is 1. The lowest BCUT2D eigenvalue weighted by atomic mass is 9.80. The van der Waals surface area contributed by atoms with Gasteiger partial charge in [-0.25, -0.2) is 4.85 Å². The summed E-state index contributed by atoms with van der Waals surface area (Å²) in [4.78, 5) is 5.50. The van der Waals surface area contributed by atoms with E-state index in [4.69, 9.17) is 16.0 Å². The van der Waals surface area contributed by atoms with Crippen LogP contribution < -0.4 is 10.2 Å². The summed E-state index contributed by atoms with van der Waals surface area (Å²) in [5.41, 5.74) is 3.27. The number of fused-ring (bicyclic) bond motifs is 1. The number of hydrogen-bond donors (Lipinski definition) is 1. The van der Waals surface area contributed by atoms with Crippen LogP contribution in [0.5, 0.6) is 11.5 Å². The minimum atomic E-state index is -0.846. The summed E-state index contributed by atoms with van der Waals surface area (Å²) >= 11 is 0. The van der Waals surface area contributed by atoms with Crippen molar-refractivity contribution in [3.63, 3.8) is 0 Å². The summed E-state index contributed by atoms with van der Waals surface area (Å²) < 4.78 is 11.2. The van der Waals surface area contributed by atoms with Crippen molar-refractivity contribution in [2.45, 2.75) is 13.2 Å². The molecule has 24 heavy (non-hydrogen) atoms. The molecule has 1 aliphatic heterocycles. The first-order valence-electron chi connectivity index (χ1n) is 7.32. The maximum Gasteiger partial charge on any atom is 0.491 e. The van der Waals surface area contributed by atoms with E-state index >= 15 is 0 Å². The molecule has 0 spiro atoms. The second kappa shape index (κ2) is 7.69. The van der Waals surface area contributed by atoms with Gasteiger partial charge in [0.15, 0.2) is 5.69 Å². The van der Waals surface area contributed by atoms with Gasteiger partial charge in [-0.3, -0.25) is 0 Å². The van der Waals surface area contributed by atoms with Gasteiger partial charge in [0.05, 0.1) is 13.2 Å². The van der Waals surface area contributed by atoms with Crippen molar-refractivity contribution in [2.24, 2.45) is 0 Å². The Morgan fingerprint density at radius 3 is 2.79 bits per heavy atom. The summed E-state index contributed by atoms with van der Waals surface area (Å²) in [7, 11) is 3.10. The standard InChI is InChI=1S/C17H17BN2O3.ClH/c1-19-14-4-7-17(12(8-14)10-20(2)3)23-15-5-6-16-13(9-15)11-22-18(16)21;/h4-9,21H,10-11H2,2-3H3;1H. The lowest BCUT2D eigenvalue weighted by Crippen LogP contribution is -2.27. The summed E-state index contributed by atoms with van der Waals surface area (Å²) in [6.07, 6.45) is 0. The van der Waals surface area contributed by atoms with Crippen LogP contribution in [0.4, 0.5) is 5.69 Å². The largest absolute Gasteiger partial charge is 0.491 e. The quantitative estimate of drug-likeness (QED) is 0.684. The Morgan fingerprint density at radius 2 is 2.08 bits per heavy atom. The molecule has 1 aliphatic rings. The van der Waals surface area contributed by atoms with Crippen LogP contribution in [0.3, 0.4) is 0 Å². The van der Waals surface area contributed by atoms with Crippen molar-refractivity contribution >= 4 is 30.7 Å². The fraction of sp³-hybridized carbons (Fsp3) is 0.235. The zero-order valence-electron chi connectivity index (χ0n) is 13.5. The van der Waals surface area contributed by atoms with E-state index in [1.54, 1.807) is 6.07 Å². The molecule has 1 heterocycles. The molecule has 0 atom stereocenters. The van der Waals surface area contributed by atoms with E-state index in [1.165, 1.54) is 0 Å². The molecule has 7 heteroatoms. The van der Waals surface area contributed by atoms with Crippen LogP contribution in [-0.2, 0) is 17.8 Å². The van der Waals surface area contributed by atoms with E-state index in [0.717, 1.165) is 22.3 Å². The highest BCUT2D eigenvalue weighted by molar-refractivity contribution is 6.61. The molecule has 5 nitrogen and oxygen atoms in total. The number of ether oxygens (including phenoxy) is 1. The van der Waals surface area contributed by atoms with E-state index in [1.807, 2.05) is 49.3 Å². The van der Waals surface area contributed by atoms with Crippen molar-refractivity contribution < 1.29 is 14.4 Å². The van der Waals surface area contributed by atoms with Gasteiger partial charge < -0.3 is 19.3 Å². The minimum absolute atomic E-state index is 0. The van der Waals surface area contributed by atoms with E-state index in [0.29, 0.717) is 24.6 Å². The first-order chi connectivity index (χ1) is 11.1. The molecule has 1 N–H and O–H groups in total. The fourth-order valence-corrected chi connectivity index (χ4v) is 2.60. The molecule has 0 aromatic heterocycles. The Bertz CT molecular complexity index is 777. The van der Waals surface area contributed by atoms with Crippen LogP contribution in [-0.4, -0.2) is 31.1 Å². The van der Waals surface area contributed by atoms with Gasteiger partial charge >= 0.3 is 7.12 Å². The van der Waals surface area contributed by atoms with Crippen molar-refractivity contribution in [1.82, 2.24) is 4.90 Å². The Balaban J connectivity index is 0.00000208. The number of benzene rings is 2. The molecule has 2 aromatic carbocycles. The summed E-state index contributed by atoms with van der Waals surface area (Å²) in [5, 5.41) is 9.67. The molecular formula is C17H18BClN2O3. The Morgan fingerprint density at radius 1 is 1.29 bits per heavy atom. The van der Waals surface area contributed by atoms with Crippen molar-refractivity contribution in [1.29, 1.82) is 0 Å². The van der Waals surface area contributed by atoms with Gasteiger partial charge in [-0.1, -0.05) is 12.1 Å². The molecule has 0 saturated heterocycles. The van der Waals surface area contributed by atoms with Crippen LogP contribution in [0.1, 0.15) is 11.1 Å². The first-order valence-corrected chi connectivity index (χ1v) is 7.32. The molecule has 0 fully saturated rings. The van der Waals surface area contributed by atoms with Crippen LogP contribution in [0.2, 0.25) is 0 Å². The Kier molecular flexibility index (Phi) is 5.87. The first kappa shape index (κ1) is 18.3. The zero-order chi connectivity index (χ0) is 16.4. The highest BCUT2D eigenvalue weighted by Gasteiger charge is 2.27. The summed E-state index contributed by atoms with van der Waals surface area (Å²) in [6, 6.07) is 10.9. The van der Waals surface area contributed by atoms with E-state index in [-0.39, 0.29) is 12.4 Å². The fourth-order valence-electron chi connectivity index (χ4n) is 2.60. The van der Waals surface area contributed by atoms with Gasteiger partial charge in [0.25, 0.3) is 0 Å². The number of nitrogens with zero attached hydrogens (tertiary/aromatic N) is 2. The van der Waals surface area contributed by atoms with E-state index < -0.39 is 7.12 Å². The number of rotatable bonds is 4. The Hall–Kier alpha value is -2.04. The lowest BCUT2D eigenvalue weighted by Gasteiger charge is -2.16. The van der Waals surface area contributed by atoms with Crippen LogP contribution in [0.25, 0.3) is 4.85 Å². The average Bonchev–Trinajstić information content (AvgIpc) is 2.89. The summed E-state index contributed by atoms with van der Waals surface area (Å²) in [6.45, 7) is 8.22. The average molecular weight is 345 g/mol. The summed E-state index contributed by atoms with van der Waals surface area (Å²) in [5.74, 6) is 1.42. The molecule has 0 amide bonds. The van der Waals surface area contributed by atoms with Gasteiger partial charge in [0.2, 0.25) is 0 Å². The van der Waals surface area contributed by atoms with Gasteiger partial charge in [-0.15, -0.1) is 12.4 Å². The van der Waals surface area contributed by atoms with Gasteiger partial charge in [0, 0.05) is 6.54 Å². The Labute approximate surface area is 148 Å². The second-order valence-electron chi connectivity index (χ2n) is 5.77. The molecule has 2 aromatic rings. The monoisotopic (exact) mass is 344 g/mol. The third-order valence-corrected chi connectivity index (χ3v) is 3.66. The minimum Gasteiger partial charge on any atom is -0.457 e. The lowest BCUT2D eigenvalue weighted by molar-refractivity contribution is 0.275. The predicted molar refractivity (Wildman–Crippen MR) is 96.3 cm³/mol. The molecule has 124 valence electrons. The maximum atomic E-state index is 9.67. The van der Waals surface area contributed by atoms with E-state index in [2.05, 4.69) is 4.85 Å². The zero-order valence-corrected chi connectivity index (χ0v) is 14.3. The molecule has 0 bridgehead atoms. The van der Waals surface area contributed by atoms with Gasteiger partial charge in [-0.05, 0) is 55.0 Å². The second-order valence-corrected chi connectivity index (χ2v) is 5.77. The van der Waals surface area contributed by atoms with E-state index in [9.17, 15) is 5.02 Å². The normalized spacial score (nSPS) is 12.5. The topological polar surface area (TPSA) is 46.3 Å². The molecular weight excluding hydrogens is 326 g/mol. The van der Waals surface area contributed by atoms with Crippen molar-refractivity contribution in [3.05, 3.63) is 58.9 Å². The molecule has 0 aliphatic carbocycles. The smallest absolute Gasteiger partial charge is 0.457 e. The third-order valence-electron chi connectivity index (χ3n) is 3.66. The predicted octanol–water partition coefficient (Wildman–Crippen LogP) is 2.73. The van der Waals surface area contributed by atoms with Crippen molar-refractivity contribution in [2.75, 3.05) is 14.1 Å². The van der Waals surface area contributed by atoms with Crippen molar-refractivity contribution in [3.8, 4) is 11.5 Å². The third kappa shape index (κ3) is 3.89. The van der Waals surface area contributed by atoms with Gasteiger partial charge in [-0.2, -0.15) is 0 Å². The molecule has 0 radical (unpaired) electrons. The molecule has 0 unspecified atom stereocenters. The number of hydrogen-bond acceptors (Lipinski definition) is 4. The molecule has 3 rings (SSSR count).